The van der Waals surface area contributed by atoms with Gasteiger partial charge in [0.2, 0.25) is 15.9 Å². The monoisotopic (exact) mass is 432 g/mol. The first-order valence-corrected chi connectivity index (χ1v) is 12.2. The summed E-state index contributed by atoms with van der Waals surface area (Å²) in [4.78, 5) is 12.3. The Morgan fingerprint density at radius 2 is 1.77 bits per heavy atom. The lowest BCUT2D eigenvalue weighted by atomic mass is 10.1. The standard InChI is InChI=1S/C23H32N2O4S/c1-4-29-22-16-14-21(15-17-22)25(30(3,27)28)18-8-11-23(26)24-19(2)12-13-20-9-6-5-7-10-20/h5-7,9-10,14-17,19H,4,8,11-13,18H2,1-3H3,(H,24,26)/t19-/m1/s1. The van der Waals surface area contributed by atoms with Crippen molar-refractivity contribution in [2.45, 2.75) is 45.6 Å². The highest BCUT2D eigenvalue weighted by atomic mass is 32.2. The zero-order valence-electron chi connectivity index (χ0n) is 18.0. The van der Waals surface area contributed by atoms with Crippen molar-refractivity contribution in [2.75, 3.05) is 23.7 Å². The Balaban J connectivity index is 1.81. The van der Waals surface area contributed by atoms with E-state index < -0.39 is 10.0 Å². The highest BCUT2D eigenvalue weighted by Gasteiger charge is 2.18. The minimum Gasteiger partial charge on any atom is -0.494 e. The van der Waals surface area contributed by atoms with Crippen LogP contribution in [0.4, 0.5) is 5.69 Å². The number of carbonyl (C=O) groups is 1. The van der Waals surface area contributed by atoms with Gasteiger partial charge in [-0.15, -0.1) is 0 Å². The van der Waals surface area contributed by atoms with Crippen molar-refractivity contribution in [1.82, 2.24) is 5.32 Å². The van der Waals surface area contributed by atoms with Gasteiger partial charge < -0.3 is 10.1 Å². The largest absolute Gasteiger partial charge is 0.494 e. The molecule has 0 aromatic heterocycles. The number of nitrogens with one attached hydrogen (secondary N) is 1. The van der Waals surface area contributed by atoms with Crippen LogP contribution in [0.3, 0.4) is 0 Å². The number of amides is 1. The second-order valence-electron chi connectivity index (χ2n) is 7.36. The first-order chi connectivity index (χ1) is 14.3. The normalized spacial score (nSPS) is 12.2. The topological polar surface area (TPSA) is 75.7 Å². The van der Waals surface area contributed by atoms with Crippen LogP contribution < -0.4 is 14.4 Å². The summed E-state index contributed by atoms with van der Waals surface area (Å²) in [6, 6.07) is 17.2. The molecule has 1 N–H and O–H groups in total. The second-order valence-corrected chi connectivity index (χ2v) is 9.27. The SMILES string of the molecule is CCOc1ccc(N(CCCC(=O)N[C@H](C)CCc2ccccc2)S(C)(=O)=O)cc1. The fourth-order valence-corrected chi connectivity index (χ4v) is 4.16. The molecule has 6 nitrogen and oxygen atoms in total. The second kappa shape index (κ2) is 11.6. The molecular weight excluding hydrogens is 400 g/mol. The number of ether oxygens (including phenoxy) is 1. The third-order valence-electron chi connectivity index (χ3n) is 4.72. The molecule has 2 aromatic rings. The molecular formula is C23H32N2O4S. The van der Waals surface area contributed by atoms with Crippen LogP contribution in [-0.4, -0.2) is 39.8 Å². The molecule has 1 atom stereocenters. The van der Waals surface area contributed by atoms with E-state index in [0.717, 1.165) is 12.8 Å². The maximum absolute atomic E-state index is 12.3. The number of aryl methyl sites for hydroxylation is 1. The van der Waals surface area contributed by atoms with Crippen LogP contribution >= 0.6 is 0 Å². The van der Waals surface area contributed by atoms with E-state index in [1.54, 1.807) is 24.3 Å². The molecule has 0 saturated heterocycles. The van der Waals surface area contributed by atoms with Gasteiger partial charge in [0.15, 0.2) is 0 Å². The average Bonchev–Trinajstić information content (AvgIpc) is 2.71. The number of benzene rings is 2. The van der Waals surface area contributed by atoms with Gasteiger partial charge in [0.05, 0.1) is 18.6 Å². The molecule has 30 heavy (non-hydrogen) atoms. The van der Waals surface area contributed by atoms with Crippen LogP contribution in [0.25, 0.3) is 0 Å². The molecule has 0 bridgehead atoms. The fourth-order valence-electron chi connectivity index (χ4n) is 3.19. The van der Waals surface area contributed by atoms with Gasteiger partial charge in [0.25, 0.3) is 0 Å². The fraction of sp³-hybridized carbons (Fsp3) is 0.435. The lowest BCUT2D eigenvalue weighted by Gasteiger charge is -2.23. The van der Waals surface area contributed by atoms with Gasteiger partial charge in [-0.3, -0.25) is 9.10 Å². The van der Waals surface area contributed by atoms with Crippen molar-refractivity contribution in [1.29, 1.82) is 0 Å². The van der Waals surface area contributed by atoms with Crippen molar-refractivity contribution >= 4 is 21.6 Å². The summed E-state index contributed by atoms with van der Waals surface area (Å²) >= 11 is 0. The molecule has 0 spiro atoms. The van der Waals surface area contributed by atoms with E-state index in [4.69, 9.17) is 4.74 Å². The third-order valence-corrected chi connectivity index (χ3v) is 5.91. The number of nitrogens with zero attached hydrogens (tertiary/aromatic N) is 1. The minimum absolute atomic E-state index is 0.0595. The van der Waals surface area contributed by atoms with Gasteiger partial charge in [-0.25, -0.2) is 8.42 Å². The van der Waals surface area contributed by atoms with Crippen molar-refractivity contribution < 1.29 is 17.9 Å². The van der Waals surface area contributed by atoms with E-state index in [1.165, 1.54) is 16.1 Å². The lowest BCUT2D eigenvalue weighted by molar-refractivity contribution is -0.121. The first-order valence-electron chi connectivity index (χ1n) is 10.3. The molecule has 0 aliphatic rings. The molecule has 0 aliphatic carbocycles. The zero-order chi connectivity index (χ0) is 22.0. The summed E-state index contributed by atoms with van der Waals surface area (Å²) in [5, 5.41) is 3.00. The molecule has 0 aliphatic heterocycles. The van der Waals surface area contributed by atoms with Crippen LogP contribution in [-0.2, 0) is 21.2 Å². The maximum Gasteiger partial charge on any atom is 0.232 e. The van der Waals surface area contributed by atoms with Crippen molar-refractivity contribution in [2.24, 2.45) is 0 Å². The highest BCUT2D eigenvalue weighted by molar-refractivity contribution is 7.92. The van der Waals surface area contributed by atoms with Crippen LogP contribution in [0, 0.1) is 0 Å². The van der Waals surface area contributed by atoms with E-state index in [9.17, 15) is 13.2 Å². The molecule has 164 valence electrons. The Bertz CT molecular complexity index is 883. The molecule has 0 heterocycles. The van der Waals surface area contributed by atoms with Gasteiger partial charge in [0.1, 0.15) is 5.75 Å². The average molecular weight is 433 g/mol. The Kier molecular flexibility index (Phi) is 9.17. The minimum atomic E-state index is -3.44. The Hall–Kier alpha value is -2.54. The predicted molar refractivity (Wildman–Crippen MR) is 121 cm³/mol. The molecule has 0 radical (unpaired) electrons. The zero-order valence-corrected chi connectivity index (χ0v) is 18.8. The number of sulfonamides is 1. The first kappa shape index (κ1) is 23.7. The van der Waals surface area contributed by atoms with Gasteiger partial charge in [-0.1, -0.05) is 30.3 Å². The van der Waals surface area contributed by atoms with Gasteiger partial charge in [0, 0.05) is 19.0 Å². The van der Waals surface area contributed by atoms with Crippen LogP contribution in [0.2, 0.25) is 0 Å². The number of hydrogen-bond acceptors (Lipinski definition) is 4. The Morgan fingerprint density at radius 1 is 1.10 bits per heavy atom. The van der Waals surface area contributed by atoms with Crippen molar-refractivity contribution in [3.63, 3.8) is 0 Å². The third kappa shape index (κ3) is 8.06. The number of carbonyl (C=O) groups excluding carboxylic acids is 1. The molecule has 1 amide bonds. The van der Waals surface area contributed by atoms with E-state index in [-0.39, 0.29) is 24.9 Å². The quantitative estimate of drug-likeness (QED) is 0.554. The van der Waals surface area contributed by atoms with E-state index in [1.807, 2.05) is 32.0 Å². The molecule has 2 rings (SSSR count). The molecule has 2 aromatic carbocycles. The predicted octanol–water partition coefficient (Wildman–Crippen LogP) is 3.77. The highest BCUT2D eigenvalue weighted by Crippen LogP contribution is 2.22. The van der Waals surface area contributed by atoms with Gasteiger partial charge in [-0.05, 0) is 62.9 Å². The molecule has 0 unspecified atom stereocenters. The van der Waals surface area contributed by atoms with Crippen LogP contribution in [0.15, 0.2) is 54.6 Å². The van der Waals surface area contributed by atoms with Crippen molar-refractivity contribution in [3.8, 4) is 5.75 Å². The summed E-state index contributed by atoms with van der Waals surface area (Å²) in [6.45, 7) is 4.68. The summed E-state index contributed by atoms with van der Waals surface area (Å²) in [7, 11) is -3.44. The number of rotatable bonds is 12. The van der Waals surface area contributed by atoms with Crippen molar-refractivity contribution in [3.05, 3.63) is 60.2 Å². The van der Waals surface area contributed by atoms with Gasteiger partial charge >= 0.3 is 0 Å². The smallest absolute Gasteiger partial charge is 0.232 e. The number of anilines is 1. The molecule has 0 saturated carbocycles. The Morgan fingerprint density at radius 3 is 2.37 bits per heavy atom. The van der Waals surface area contributed by atoms with E-state index in [2.05, 4.69) is 17.4 Å². The molecule has 0 fully saturated rings. The summed E-state index contributed by atoms with van der Waals surface area (Å²) in [6.07, 6.45) is 3.66. The summed E-state index contributed by atoms with van der Waals surface area (Å²) < 4.78 is 31.2. The maximum atomic E-state index is 12.3. The summed E-state index contributed by atoms with van der Waals surface area (Å²) in [5.74, 6) is 0.634. The summed E-state index contributed by atoms with van der Waals surface area (Å²) in [5.41, 5.74) is 1.82. The number of hydrogen-bond donors (Lipinski definition) is 1. The van der Waals surface area contributed by atoms with E-state index in [0.29, 0.717) is 24.5 Å². The molecule has 7 heteroatoms. The van der Waals surface area contributed by atoms with Crippen LogP contribution in [0.1, 0.15) is 38.7 Å². The van der Waals surface area contributed by atoms with Crippen LogP contribution in [0.5, 0.6) is 5.75 Å². The van der Waals surface area contributed by atoms with E-state index >= 15 is 0 Å². The van der Waals surface area contributed by atoms with Gasteiger partial charge in [-0.2, -0.15) is 0 Å². The lowest BCUT2D eigenvalue weighted by Crippen LogP contribution is -2.34. The Labute approximate surface area is 180 Å².